The highest BCUT2D eigenvalue weighted by Crippen LogP contribution is 2.18. The first kappa shape index (κ1) is 8.94. The molecule has 3 heteroatoms. The van der Waals surface area contributed by atoms with Crippen LogP contribution in [0.5, 0.6) is 0 Å². The van der Waals surface area contributed by atoms with Gasteiger partial charge in [-0.15, -0.1) is 0 Å². The van der Waals surface area contributed by atoms with E-state index in [1.165, 1.54) is 0 Å². The molecule has 1 heterocycles. The molecule has 11 heavy (non-hydrogen) atoms. The van der Waals surface area contributed by atoms with E-state index in [9.17, 15) is 4.39 Å². The smallest absolute Gasteiger partial charge is 0.113 e. The maximum Gasteiger partial charge on any atom is 0.113 e. The van der Waals surface area contributed by atoms with Crippen molar-refractivity contribution in [2.75, 3.05) is 26.8 Å². The quantitative estimate of drug-likeness (QED) is 0.663. The van der Waals surface area contributed by atoms with Crippen LogP contribution < -0.4 is 5.32 Å². The average Bonchev–Trinajstić information content (AvgIpc) is 2.40. The molecular weight excluding hydrogens is 145 g/mol. The molecule has 2 nitrogen and oxygen atoms in total. The molecular formula is C8H16FNO. The standard InChI is InChI=1S/C8H16FNO/c1-10-5-8(9)4-7-2-3-11-6-7/h7-8,10H,2-6H2,1H3/t7-,8+/m1/s1. The summed E-state index contributed by atoms with van der Waals surface area (Å²) >= 11 is 0. The number of halogens is 1. The summed E-state index contributed by atoms with van der Waals surface area (Å²) in [6.07, 6.45) is 0.983. The minimum absolute atomic E-state index is 0.457. The average molecular weight is 161 g/mol. The zero-order valence-corrected chi connectivity index (χ0v) is 6.98. The number of hydrogen-bond acceptors (Lipinski definition) is 2. The van der Waals surface area contributed by atoms with Crippen molar-refractivity contribution in [1.29, 1.82) is 0 Å². The van der Waals surface area contributed by atoms with Crippen LogP contribution in [0.2, 0.25) is 0 Å². The van der Waals surface area contributed by atoms with E-state index >= 15 is 0 Å². The Hall–Kier alpha value is -0.150. The lowest BCUT2D eigenvalue weighted by Gasteiger charge is -2.10. The second-order valence-corrected chi connectivity index (χ2v) is 3.12. The lowest BCUT2D eigenvalue weighted by atomic mass is 10.0. The van der Waals surface area contributed by atoms with Gasteiger partial charge in [-0.2, -0.15) is 0 Å². The van der Waals surface area contributed by atoms with Crippen molar-refractivity contribution in [3.8, 4) is 0 Å². The van der Waals surface area contributed by atoms with Crippen LogP contribution in [0.3, 0.4) is 0 Å². The van der Waals surface area contributed by atoms with Gasteiger partial charge in [-0.3, -0.25) is 0 Å². The van der Waals surface area contributed by atoms with Crippen molar-refractivity contribution >= 4 is 0 Å². The van der Waals surface area contributed by atoms with Gasteiger partial charge in [-0.05, 0) is 25.8 Å². The Balaban J connectivity index is 2.08. The van der Waals surface area contributed by atoms with Crippen LogP contribution in [-0.4, -0.2) is 33.0 Å². The first-order chi connectivity index (χ1) is 5.33. The summed E-state index contributed by atoms with van der Waals surface area (Å²) in [5.41, 5.74) is 0. The Bertz CT molecular complexity index is 104. The molecule has 1 aliphatic heterocycles. The Labute approximate surface area is 67.1 Å². The van der Waals surface area contributed by atoms with Crippen molar-refractivity contribution in [3.05, 3.63) is 0 Å². The molecule has 0 aromatic heterocycles. The molecule has 1 fully saturated rings. The largest absolute Gasteiger partial charge is 0.381 e. The summed E-state index contributed by atoms with van der Waals surface area (Å²) in [4.78, 5) is 0. The summed E-state index contributed by atoms with van der Waals surface area (Å²) in [7, 11) is 1.78. The van der Waals surface area contributed by atoms with E-state index < -0.39 is 6.17 Å². The van der Waals surface area contributed by atoms with Gasteiger partial charge in [0.2, 0.25) is 0 Å². The van der Waals surface area contributed by atoms with E-state index in [0.717, 1.165) is 19.6 Å². The molecule has 1 rings (SSSR count). The van der Waals surface area contributed by atoms with Crippen molar-refractivity contribution in [1.82, 2.24) is 5.32 Å². The van der Waals surface area contributed by atoms with Crippen LogP contribution >= 0.6 is 0 Å². The summed E-state index contributed by atoms with van der Waals surface area (Å²) in [5.74, 6) is 0.457. The van der Waals surface area contributed by atoms with E-state index in [0.29, 0.717) is 18.9 Å². The number of nitrogens with one attached hydrogen (secondary N) is 1. The summed E-state index contributed by atoms with van der Waals surface area (Å²) in [5, 5.41) is 2.83. The van der Waals surface area contributed by atoms with Gasteiger partial charge in [-0.25, -0.2) is 4.39 Å². The zero-order valence-electron chi connectivity index (χ0n) is 6.98. The Kier molecular flexibility index (Phi) is 3.80. The van der Waals surface area contributed by atoms with Gasteiger partial charge < -0.3 is 10.1 Å². The first-order valence-corrected chi connectivity index (χ1v) is 4.19. The van der Waals surface area contributed by atoms with E-state index in [1.54, 1.807) is 7.05 Å². The van der Waals surface area contributed by atoms with Crippen LogP contribution in [0.15, 0.2) is 0 Å². The van der Waals surface area contributed by atoms with Gasteiger partial charge in [0.1, 0.15) is 6.17 Å². The van der Waals surface area contributed by atoms with Crippen molar-refractivity contribution in [2.24, 2.45) is 5.92 Å². The predicted octanol–water partition coefficient (Wildman–Crippen LogP) is 0.970. The highest BCUT2D eigenvalue weighted by molar-refractivity contribution is 4.69. The van der Waals surface area contributed by atoms with Crippen molar-refractivity contribution < 1.29 is 9.13 Å². The van der Waals surface area contributed by atoms with Gasteiger partial charge in [0.25, 0.3) is 0 Å². The fourth-order valence-corrected chi connectivity index (χ4v) is 1.44. The molecule has 0 amide bonds. The third-order valence-electron chi connectivity index (χ3n) is 2.04. The first-order valence-electron chi connectivity index (χ1n) is 4.19. The SMILES string of the molecule is CNC[C@@H](F)C[C@H]1CCOC1. The Morgan fingerprint density at radius 1 is 1.73 bits per heavy atom. The minimum atomic E-state index is -0.702. The molecule has 0 radical (unpaired) electrons. The van der Waals surface area contributed by atoms with E-state index in [-0.39, 0.29) is 0 Å². The molecule has 0 spiro atoms. The van der Waals surface area contributed by atoms with Crippen LogP contribution in [-0.2, 0) is 4.74 Å². The Morgan fingerprint density at radius 2 is 2.55 bits per heavy atom. The minimum Gasteiger partial charge on any atom is -0.381 e. The molecule has 0 aromatic carbocycles. The fourth-order valence-electron chi connectivity index (χ4n) is 1.44. The lowest BCUT2D eigenvalue weighted by Crippen LogP contribution is -2.22. The summed E-state index contributed by atoms with van der Waals surface area (Å²) < 4.78 is 18.1. The molecule has 2 atom stereocenters. The van der Waals surface area contributed by atoms with Gasteiger partial charge in [-0.1, -0.05) is 0 Å². The molecule has 1 aliphatic rings. The van der Waals surface area contributed by atoms with Gasteiger partial charge in [0, 0.05) is 19.8 Å². The number of rotatable bonds is 4. The highest BCUT2D eigenvalue weighted by atomic mass is 19.1. The van der Waals surface area contributed by atoms with Crippen LogP contribution in [0, 0.1) is 5.92 Å². The lowest BCUT2D eigenvalue weighted by molar-refractivity contribution is 0.173. The monoisotopic (exact) mass is 161 g/mol. The third-order valence-corrected chi connectivity index (χ3v) is 2.04. The molecule has 0 saturated carbocycles. The summed E-state index contributed by atoms with van der Waals surface area (Å²) in [6.45, 7) is 2.04. The number of ether oxygens (including phenoxy) is 1. The van der Waals surface area contributed by atoms with Gasteiger partial charge in [0.15, 0.2) is 0 Å². The fraction of sp³-hybridized carbons (Fsp3) is 1.00. The third kappa shape index (κ3) is 3.16. The molecule has 0 unspecified atom stereocenters. The second-order valence-electron chi connectivity index (χ2n) is 3.12. The van der Waals surface area contributed by atoms with Crippen molar-refractivity contribution in [2.45, 2.75) is 19.0 Å². The predicted molar refractivity (Wildman–Crippen MR) is 42.4 cm³/mol. The number of hydrogen-bond donors (Lipinski definition) is 1. The molecule has 66 valence electrons. The van der Waals surface area contributed by atoms with Gasteiger partial charge >= 0.3 is 0 Å². The van der Waals surface area contributed by atoms with E-state index in [2.05, 4.69) is 5.32 Å². The van der Waals surface area contributed by atoms with Gasteiger partial charge in [0.05, 0.1) is 0 Å². The van der Waals surface area contributed by atoms with E-state index in [1.807, 2.05) is 0 Å². The maximum atomic E-state index is 12.9. The zero-order chi connectivity index (χ0) is 8.10. The molecule has 1 saturated heterocycles. The highest BCUT2D eigenvalue weighted by Gasteiger charge is 2.19. The molecule has 0 bridgehead atoms. The molecule has 0 aromatic rings. The summed E-state index contributed by atoms with van der Waals surface area (Å²) in [6, 6.07) is 0. The molecule has 1 N–H and O–H groups in total. The van der Waals surface area contributed by atoms with E-state index in [4.69, 9.17) is 4.74 Å². The van der Waals surface area contributed by atoms with Crippen molar-refractivity contribution in [3.63, 3.8) is 0 Å². The number of alkyl halides is 1. The Morgan fingerprint density at radius 3 is 3.09 bits per heavy atom. The second kappa shape index (κ2) is 4.67. The van der Waals surface area contributed by atoms with Crippen LogP contribution in [0.25, 0.3) is 0 Å². The molecule has 0 aliphatic carbocycles. The van der Waals surface area contributed by atoms with Crippen LogP contribution in [0.1, 0.15) is 12.8 Å². The van der Waals surface area contributed by atoms with Crippen LogP contribution in [0.4, 0.5) is 4.39 Å². The maximum absolute atomic E-state index is 12.9. The topological polar surface area (TPSA) is 21.3 Å². The normalized spacial score (nSPS) is 27.3.